The van der Waals surface area contributed by atoms with Gasteiger partial charge in [-0.15, -0.1) is 10.2 Å². The number of hydrogen-bond acceptors (Lipinski definition) is 5. The van der Waals surface area contributed by atoms with Gasteiger partial charge in [-0.3, -0.25) is 0 Å². The van der Waals surface area contributed by atoms with Crippen LogP contribution in [0.2, 0.25) is 0 Å². The molecule has 1 heterocycles. The summed E-state index contributed by atoms with van der Waals surface area (Å²) in [5.74, 6) is 0.353. The molecule has 1 rings (SSSR count). The van der Waals surface area contributed by atoms with Gasteiger partial charge in [0, 0.05) is 5.92 Å². The number of aliphatic hydroxyl groups excluding tert-OH is 1. The summed E-state index contributed by atoms with van der Waals surface area (Å²) in [6.07, 6.45) is -0.474. The summed E-state index contributed by atoms with van der Waals surface area (Å²) in [6.45, 7) is 3.52. The minimum Gasteiger partial charge on any atom is -0.393 e. The molecular weight excluding hydrogens is 158 g/mol. The average molecular weight is 171 g/mol. The largest absolute Gasteiger partial charge is 0.393 e. The summed E-state index contributed by atoms with van der Waals surface area (Å²) in [7, 11) is 0. The summed E-state index contributed by atoms with van der Waals surface area (Å²) in [6, 6.07) is -0.372. The first-order valence-electron chi connectivity index (χ1n) is 3.80. The molecular formula is C6H13N5O. The Balaban J connectivity index is 2.65. The highest BCUT2D eigenvalue weighted by atomic mass is 16.3. The van der Waals surface area contributed by atoms with Gasteiger partial charge in [-0.25, -0.2) is 0 Å². The van der Waals surface area contributed by atoms with E-state index in [9.17, 15) is 5.11 Å². The Hall–Kier alpha value is -1.01. The van der Waals surface area contributed by atoms with E-state index in [1.54, 1.807) is 6.92 Å². The molecule has 0 spiro atoms. The van der Waals surface area contributed by atoms with Crippen LogP contribution in [0.4, 0.5) is 0 Å². The Morgan fingerprint density at radius 3 is 2.58 bits per heavy atom. The normalized spacial score (nSPS) is 18.7. The van der Waals surface area contributed by atoms with Crippen molar-refractivity contribution < 1.29 is 5.11 Å². The van der Waals surface area contributed by atoms with Crippen molar-refractivity contribution in [2.75, 3.05) is 0 Å². The monoisotopic (exact) mass is 171 g/mol. The number of aromatic nitrogens is 4. The van der Waals surface area contributed by atoms with Crippen LogP contribution in [-0.4, -0.2) is 31.8 Å². The fourth-order valence-corrected chi connectivity index (χ4v) is 0.846. The van der Waals surface area contributed by atoms with Crippen LogP contribution in [0.15, 0.2) is 0 Å². The number of nitrogens with one attached hydrogen (secondary N) is 1. The highest BCUT2D eigenvalue weighted by molar-refractivity contribution is 4.90. The molecule has 6 nitrogen and oxygen atoms in total. The molecule has 6 heteroatoms. The maximum atomic E-state index is 9.22. The number of H-pyrrole nitrogens is 1. The predicted octanol–water partition coefficient (Wildman–Crippen LogP) is -0.784. The van der Waals surface area contributed by atoms with Crippen LogP contribution in [0.3, 0.4) is 0 Å². The molecule has 1 aromatic heterocycles. The number of nitrogens with zero attached hydrogens (tertiary/aromatic N) is 3. The fraction of sp³-hybridized carbons (Fsp3) is 0.833. The molecule has 68 valence electrons. The molecule has 0 bridgehead atoms. The molecule has 0 saturated carbocycles. The van der Waals surface area contributed by atoms with Crippen LogP contribution in [-0.2, 0) is 0 Å². The maximum absolute atomic E-state index is 9.22. The summed E-state index contributed by atoms with van der Waals surface area (Å²) < 4.78 is 0. The van der Waals surface area contributed by atoms with Crippen LogP contribution in [0.1, 0.15) is 25.7 Å². The molecule has 1 aromatic rings. The van der Waals surface area contributed by atoms with Crippen molar-refractivity contribution in [3.8, 4) is 0 Å². The Kier molecular flexibility index (Phi) is 2.72. The summed E-state index contributed by atoms with van der Waals surface area (Å²) in [5.41, 5.74) is 5.74. The Morgan fingerprint density at radius 1 is 1.50 bits per heavy atom. The van der Waals surface area contributed by atoms with E-state index < -0.39 is 6.10 Å². The van der Waals surface area contributed by atoms with E-state index in [1.165, 1.54) is 0 Å². The zero-order chi connectivity index (χ0) is 9.14. The van der Waals surface area contributed by atoms with E-state index in [2.05, 4.69) is 20.6 Å². The topological polar surface area (TPSA) is 101 Å². The van der Waals surface area contributed by atoms with Crippen molar-refractivity contribution in [1.82, 2.24) is 20.6 Å². The molecule has 4 N–H and O–H groups in total. The van der Waals surface area contributed by atoms with Gasteiger partial charge in [0.25, 0.3) is 0 Å². The zero-order valence-electron chi connectivity index (χ0n) is 7.10. The van der Waals surface area contributed by atoms with Crippen LogP contribution < -0.4 is 5.73 Å². The van der Waals surface area contributed by atoms with Crippen molar-refractivity contribution in [2.45, 2.75) is 26.0 Å². The van der Waals surface area contributed by atoms with E-state index in [4.69, 9.17) is 5.73 Å². The molecule has 0 aliphatic rings. The molecule has 0 aromatic carbocycles. The van der Waals surface area contributed by atoms with E-state index in [-0.39, 0.29) is 12.0 Å². The van der Waals surface area contributed by atoms with Gasteiger partial charge in [-0.1, -0.05) is 12.1 Å². The van der Waals surface area contributed by atoms with Gasteiger partial charge in [0.15, 0.2) is 5.82 Å². The number of tetrazole rings is 1. The molecule has 3 unspecified atom stereocenters. The van der Waals surface area contributed by atoms with Crippen molar-refractivity contribution in [3.63, 3.8) is 0 Å². The Bertz CT molecular complexity index is 222. The standard InChI is InChI=1S/C6H13N5O/c1-3(4(2)12)5(7)6-8-10-11-9-6/h3-5,12H,7H2,1-2H3,(H,8,9,10,11). The highest BCUT2D eigenvalue weighted by Crippen LogP contribution is 2.17. The molecule has 0 amide bonds. The zero-order valence-corrected chi connectivity index (χ0v) is 7.10. The van der Waals surface area contributed by atoms with Gasteiger partial charge < -0.3 is 10.8 Å². The minimum atomic E-state index is -0.474. The lowest BCUT2D eigenvalue weighted by Gasteiger charge is -2.18. The van der Waals surface area contributed by atoms with E-state index in [0.717, 1.165) is 0 Å². The predicted molar refractivity (Wildman–Crippen MR) is 42.0 cm³/mol. The van der Waals surface area contributed by atoms with E-state index in [0.29, 0.717) is 5.82 Å². The van der Waals surface area contributed by atoms with Crippen molar-refractivity contribution in [3.05, 3.63) is 5.82 Å². The molecule has 0 aliphatic heterocycles. The first-order valence-corrected chi connectivity index (χ1v) is 3.80. The second kappa shape index (κ2) is 3.59. The number of aliphatic hydroxyl groups is 1. The number of nitrogens with two attached hydrogens (primary N) is 1. The van der Waals surface area contributed by atoms with Gasteiger partial charge in [-0.05, 0) is 6.92 Å². The first-order chi connectivity index (χ1) is 5.63. The van der Waals surface area contributed by atoms with Gasteiger partial charge in [0.2, 0.25) is 0 Å². The molecule has 3 atom stereocenters. The number of aromatic amines is 1. The third kappa shape index (κ3) is 1.77. The van der Waals surface area contributed by atoms with Crippen LogP contribution in [0.25, 0.3) is 0 Å². The molecule has 12 heavy (non-hydrogen) atoms. The quantitative estimate of drug-likeness (QED) is 0.553. The van der Waals surface area contributed by atoms with Crippen LogP contribution >= 0.6 is 0 Å². The highest BCUT2D eigenvalue weighted by Gasteiger charge is 2.22. The third-order valence-electron chi connectivity index (χ3n) is 1.99. The summed E-state index contributed by atoms with van der Waals surface area (Å²) in [4.78, 5) is 0. The lowest BCUT2D eigenvalue weighted by Crippen LogP contribution is -2.28. The van der Waals surface area contributed by atoms with Crippen LogP contribution in [0.5, 0.6) is 0 Å². The fourth-order valence-electron chi connectivity index (χ4n) is 0.846. The third-order valence-corrected chi connectivity index (χ3v) is 1.99. The van der Waals surface area contributed by atoms with Crippen molar-refractivity contribution in [1.29, 1.82) is 0 Å². The SMILES string of the molecule is CC(O)C(C)C(N)c1nn[nH]n1. The van der Waals surface area contributed by atoms with Crippen LogP contribution in [0, 0.1) is 5.92 Å². The summed E-state index contributed by atoms with van der Waals surface area (Å²) in [5, 5.41) is 22.4. The Labute approximate surface area is 70.2 Å². The molecule has 0 aliphatic carbocycles. The lowest BCUT2D eigenvalue weighted by atomic mass is 9.97. The van der Waals surface area contributed by atoms with Crippen molar-refractivity contribution in [2.24, 2.45) is 11.7 Å². The Morgan fingerprint density at radius 2 is 2.17 bits per heavy atom. The average Bonchev–Trinajstić information content (AvgIpc) is 2.53. The maximum Gasteiger partial charge on any atom is 0.191 e. The van der Waals surface area contributed by atoms with E-state index >= 15 is 0 Å². The molecule has 0 fully saturated rings. The smallest absolute Gasteiger partial charge is 0.191 e. The minimum absolute atomic E-state index is 0.0809. The van der Waals surface area contributed by atoms with Gasteiger partial charge in [0.05, 0.1) is 12.1 Å². The van der Waals surface area contributed by atoms with Gasteiger partial charge >= 0.3 is 0 Å². The van der Waals surface area contributed by atoms with Gasteiger partial charge in [-0.2, -0.15) is 5.21 Å². The molecule has 0 saturated heterocycles. The van der Waals surface area contributed by atoms with Crippen molar-refractivity contribution >= 4 is 0 Å². The van der Waals surface area contributed by atoms with Gasteiger partial charge in [0.1, 0.15) is 0 Å². The van der Waals surface area contributed by atoms with E-state index in [1.807, 2.05) is 6.92 Å². The molecule has 0 radical (unpaired) electrons. The first kappa shape index (κ1) is 9.08. The lowest BCUT2D eigenvalue weighted by molar-refractivity contribution is 0.118. The summed E-state index contributed by atoms with van der Waals surface area (Å²) >= 11 is 0. The second-order valence-corrected chi connectivity index (χ2v) is 2.90. The number of hydrogen-bond donors (Lipinski definition) is 3. The number of rotatable bonds is 3. The second-order valence-electron chi connectivity index (χ2n) is 2.90.